The summed E-state index contributed by atoms with van der Waals surface area (Å²) in [5.74, 6) is -0.245. The fourth-order valence-electron chi connectivity index (χ4n) is 1.78. The predicted octanol–water partition coefficient (Wildman–Crippen LogP) is 1.44. The summed E-state index contributed by atoms with van der Waals surface area (Å²) >= 11 is 0. The molecule has 2 N–H and O–H groups in total. The van der Waals surface area contributed by atoms with Crippen LogP contribution in [0, 0.1) is 6.92 Å². The molecule has 0 bridgehead atoms. The molecule has 1 heterocycles. The van der Waals surface area contributed by atoms with Gasteiger partial charge >= 0.3 is 5.97 Å². The molecular formula is C14H15N3O4. The number of carbonyl (C=O) groups excluding carboxylic acids is 1. The highest BCUT2D eigenvalue weighted by Gasteiger charge is 2.09. The Kier molecular flexibility index (Phi) is 4.65. The molecule has 0 atom stereocenters. The number of amides is 1. The molecule has 21 heavy (non-hydrogen) atoms. The van der Waals surface area contributed by atoms with Gasteiger partial charge in [0.15, 0.2) is 5.82 Å². The average Bonchev–Trinajstić information content (AvgIpc) is 2.89. The molecule has 7 heteroatoms. The standard InChI is InChI=1S/C14H15N3O4/c1-9-16-12(21-17-9)6-3-7-15-13(18)10-4-2-5-11(8-10)14(19)20/h2,4-5,8H,3,6-7H2,1H3,(H,15,18)(H,19,20). The van der Waals surface area contributed by atoms with Gasteiger partial charge in [-0.05, 0) is 31.5 Å². The fourth-order valence-corrected chi connectivity index (χ4v) is 1.78. The number of aromatic carboxylic acids is 1. The van der Waals surface area contributed by atoms with E-state index in [-0.39, 0.29) is 11.5 Å². The number of aryl methyl sites for hydroxylation is 2. The third-order valence-corrected chi connectivity index (χ3v) is 2.79. The van der Waals surface area contributed by atoms with Gasteiger partial charge in [0.25, 0.3) is 5.91 Å². The molecule has 0 fully saturated rings. The molecule has 0 aliphatic carbocycles. The SMILES string of the molecule is Cc1noc(CCCNC(=O)c2cccc(C(=O)O)c2)n1. The van der Waals surface area contributed by atoms with Crippen LogP contribution in [0.2, 0.25) is 0 Å². The van der Waals surface area contributed by atoms with Gasteiger partial charge in [-0.1, -0.05) is 11.2 Å². The number of rotatable bonds is 6. The Morgan fingerprint density at radius 2 is 2.10 bits per heavy atom. The summed E-state index contributed by atoms with van der Waals surface area (Å²) in [7, 11) is 0. The van der Waals surface area contributed by atoms with Gasteiger partial charge in [0.05, 0.1) is 5.56 Å². The summed E-state index contributed by atoms with van der Waals surface area (Å²) in [6.07, 6.45) is 1.24. The van der Waals surface area contributed by atoms with Crippen molar-refractivity contribution in [3.8, 4) is 0 Å². The van der Waals surface area contributed by atoms with Crippen molar-refractivity contribution in [2.75, 3.05) is 6.54 Å². The largest absolute Gasteiger partial charge is 0.478 e. The Morgan fingerprint density at radius 3 is 2.76 bits per heavy atom. The number of carboxylic acids is 1. The van der Waals surface area contributed by atoms with Crippen LogP contribution in [-0.4, -0.2) is 33.7 Å². The maximum atomic E-state index is 11.9. The molecule has 110 valence electrons. The van der Waals surface area contributed by atoms with E-state index in [9.17, 15) is 9.59 Å². The zero-order chi connectivity index (χ0) is 15.2. The van der Waals surface area contributed by atoms with E-state index in [1.807, 2.05) is 0 Å². The molecule has 0 aliphatic heterocycles. The number of hydrogen-bond donors (Lipinski definition) is 2. The van der Waals surface area contributed by atoms with E-state index < -0.39 is 5.97 Å². The van der Waals surface area contributed by atoms with E-state index in [0.29, 0.717) is 36.7 Å². The molecule has 0 spiro atoms. The predicted molar refractivity (Wildman–Crippen MR) is 73.1 cm³/mol. The van der Waals surface area contributed by atoms with Crippen molar-refractivity contribution in [1.82, 2.24) is 15.5 Å². The van der Waals surface area contributed by atoms with E-state index in [2.05, 4.69) is 15.5 Å². The van der Waals surface area contributed by atoms with Crippen LogP contribution in [0.3, 0.4) is 0 Å². The number of carboxylic acid groups (broad SMARTS) is 1. The maximum Gasteiger partial charge on any atom is 0.335 e. The van der Waals surface area contributed by atoms with Crippen molar-refractivity contribution in [3.63, 3.8) is 0 Å². The maximum absolute atomic E-state index is 11.9. The quantitative estimate of drug-likeness (QED) is 0.779. The normalized spacial score (nSPS) is 10.3. The summed E-state index contributed by atoms with van der Waals surface area (Å²) in [6, 6.07) is 5.90. The Hall–Kier alpha value is -2.70. The van der Waals surface area contributed by atoms with Gasteiger partial charge in [0.1, 0.15) is 0 Å². The minimum Gasteiger partial charge on any atom is -0.478 e. The number of hydrogen-bond acceptors (Lipinski definition) is 5. The van der Waals surface area contributed by atoms with Crippen LogP contribution < -0.4 is 5.32 Å². The number of aromatic nitrogens is 2. The first-order valence-corrected chi connectivity index (χ1v) is 6.47. The van der Waals surface area contributed by atoms with Gasteiger partial charge in [-0.3, -0.25) is 4.79 Å². The molecule has 2 rings (SSSR count). The van der Waals surface area contributed by atoms with Crippen molar-refractivity contribution < 1.29 is 19.2 Å². The highest BCUT2D eigenvalue weighted by Crippen LogP contribution is 2.05. The first-order valence-electron chi connectivity index (χ1n) is 6.47. The van der Waals surface area contributed by atoms with Crippen LogP contribution >= 0.6 is 0 Å². The third-order valence-electron chi connectivity index (χ3n) is 2.79. The topological polar surface area (TPSA) is 105 Å². The van der Waals surface area contributed by atoms with E-state index in [1.54, 1.807) is 19.1 Å². The summed E-state index contributed by atoms with van der Waals surface area (Å²) in [5, 5.41) is 15.3. The summed E-state index contributed by atoms with van der Waals surface area (Å²) in [6.45, 7) is 2.18. The van der Waals surface area contributed by atoms with Crippen molar-refractivity contribution in [1.29, 1.82) is 0 Å². The highest BCUT2D eigenvalue weighted by molar-refractivity contribution is 5.97. The van der Waals surface area contributed by atoms with Crippen molar-refractivity contribution in [2.24, 2.45) is 0 Å². The summed E-state index contributed by atoms with van der Waals surface area (Å²) < 4.78 is 4.96. The van der Waals surface area contributed by atoms with Gasteiger partial charge in [-0.2, -0.15) is 4.98 Å². The lowest BCUT2D eigenvalue weighted by molar-refractivity contribution is 0.0697. The Bertz CT molecular complexity index is 651. The second-order valence-electron chi connectivity index (χ2n) is 4.48. The molecule has 0 saturated heterocycles. The Morgan fingerprint density at radius 1 is 1.33 bits per heavy atom. The van der Waals surface area contributed by atoms with Crippen molar-refractivity contribution >= 4 is 11.9 Å². The van der Waals surface area contributed by atoms with Crippen LogP contribution in [0.4, 0.5) is 0 Å². The molecule has 1 aromatic heterocycles. The lowest BCUT2D eigenvalue weighted by Crippen LogP contribution is -2.25. The Labute approximate surface area is 121 Å². The molecule has 0 unspecified atom stereocenters. The third kappa shape index (κ3) is 4.13. The Balaban J connectivity index is 1.81. The van der Waals surface area contributed by atoms with Crippen LogP contribution in [0.25, 0.3) is 0 Å². The molecule has 7 nitrogen and oxygen atoms in total. The molecule has 0 aliphatic rings. The number of nitrogens with zero attached hydrogens (tertiary/aromatic N) is 2. The molecule has 2 aromatic rings. The van der Waals surface area contributed by atoms with E-state index >= 15 is 0 Å². The first kappa shape index (κ1) is 14.7. The van der Waals surface area contributed by atoms with Crippen LogP contribution in [-0.2, 0) is 6.42 Å². The van der Waals surface area contributed by atoms with E-state index in [4.69, 9.17) is 9.63 Å². The molecule has 0 radical (unpaired) electrons. The molecule has 0 saturated carbocycles. The van der Waals surface area contributed by atoms with Gasteiger partial charge in [-0.15, -0.1) is 0 Å². The monoisotopic (exact) mass is 289 g/mol. The van der Waals surface area contributed by atoms with E-state index in [1.165, 1.54) is 12.1 Å². The van der Waals surface area contributed by atoms with E-state index in [0.717, 1.165) is 0 Å². The second kappa shape index (κ2) is 6.65. The van der Waals surface area contributed by atoms with Gasteiger partial charge in [0, 0.05) is 18.5 Å². The second-order valence-corrected chi connectivity index (χ2v) is 4.48. The van der Waals surface area contributed by atoms with Crippen molar-refractivity contribution in [3.05, 3.63) is 47.1 Å². The zero-order valence-corrected chi connectivity index (χ0v) is 11.5. The average molecular weight is 289 g/mol. The molecular weight excluding hydrogens is 274 g/mol. The smallest absolute Gasteiger partial charge is 0.335 e. The highest BCUT2D eigenvalue weighted by atomic mass is 16.5. The van der Waals surface area contributed by atoms with Gasteiger partial charge in [0.2, 0.25) is 5.89 Å². The summed E-state index contributed by atoms with van der Waals surface area (Å²) in [5.41, 5.74) is 0.410. The minimum absolute atomic E-state index is 0.0870. The van der Waals surface area contributed by atoms with Crippen molar-refractivity contribution in [2.45, 2.75) is 19.8 Å². The number of benzene rings is 1. The minimum atomic E-state index is -1.06. The lowest BCUT2D eigenvalue weighted by Gasteiger charge is -2.05. The zero-order valence-electron chi connectivity index (χ0n) is 11.5. The number of nitrogens with one attached hydrogen (secondary N) is 1. The summed E-state index contributed by atoms with van der Waals surface area (Å²) in [4.78, 5) is 26.8. The molecule has 1 amide bonds. The number of carbonyl (C=O) groups is 2. The first-order chi connectivity index (χ1) is 10.1. The van der Waals surface area contributed by atoms with Gasteiger partial charge < -0.3 is 14.9 Å². The van der Waals surface area contributed by atoms with Gasteiger partial charge in [-0.25, -0.2) is 4.79 Å². The molecule has 1 aromatic carbocycles. The fraction of sp³-hybridized carbons (Fsp3) is 0.286. The lowest BCUT2D eigenvalue weighted by atomic mass is 10.1. The van der Waals surface area contributed by atoms with Crippen LogP contribution in [0.5, 0.6) is 0 Å². The van der Waals surface area contributed by atoms with Crippen LogP contribution in [0.1, 0.15) is 38.9 Å². The van der Waals surface area contributed by atoms with Crippen LogP contribution in [0.15, 0.2) is 28.8 Å².